The van der Waals surface area contributed by atoms with Gasteiger partial charge in [0.25, 0.3) is 0 Å². The van der Waals surface area contributed by atoms with Crippen LogP contribution >= 0.6 is 0 Å². The highest BCUT2D eigenvalue weighted by molar-refractivity contribution is 7.79. The van der Waals surface area contributed by atoms with E-state index >= 15 is 0 Å². The first-order valence-electron chi connectivity index (χ1n) is 9.22. The quantitative estimate of drug-likeness (QED) is 0.216. The average Bonchev–Trinajstić information content (AvgIpc) is 3.08. The number of nitrogens with two attached hydrogens (primary N) is 2. The number of hydrogen-bond acceptors (Lipinski definition) is 9. The fourth-order valence-electron chi connectivity index (χ4n) is 2.93. The van der Waals surface area contributed by atoms with Gasteiger partial charge in [-0.25, -0.2) is 33.2 Å². The first-order chi connectivity index (χ1) is 16.3. The van der Waals surface area contributed by atoms with Gasteiger partial charge in [-0.1, -0.05) is 18.2 Å². The van der Waals surface area contributed by atoms with Gasteiger partial charge in [0.1, 0.15) is 23.0 Å². The lowest BCUT2D eigenvalue weighted by molar-refractivity contribution is 0.209. The number of hydrogen-bond donors (Lipinski definition) is 6. The van der Waals surface area contributed by atoms with E-state index in [4.69, 9.17) is 34.1 Å². The standard InChI is InChI=1S/C18H14F2N8O2.H2O4S/c19-9-5-10-12(16-25-14(21)13(15(22)26-16)24-18(29)30)27-28(17(10)23-6-9)7-8-3-1-2-4-11(8)20;1-5(2,3)4/h1-6,24H,7H2,(H,29,30)(H4,21,22,25,26);(H2,1,2,3,4). The summed E-state index contributed by atoms with van der Waals surface area (Å²) in [7, 11) is -4.67. The van der Waals surface area contributed by atoms with E-state index in [1.165, 1.54) is 16.8 Å². The second-order valence-electron chi connectivity index (χ2n) is 6.69. The molecule has 0 spiro atoms. The lowest BCUT2D eigenvalue weighted by Crippen LogP contribution is -2.14. The van der Waals surface area contributed by atoms with E-state index in [2.05, 4.69) is 20.1 Å². The molecule has 3 heterocycles. The van der Waals surface area contributed by atoms with E-state index in [0.29, 0.717) is 5.56 Å². The fourth-order valence-corrected chi connectivity index (χ4v) is 2.93. The van der Waals surface area contributed by atoms with Gasteiger partial charge in [0.05, 0.1) is 18.1 Å². The number of nitrogen functional groups attached to an aromatic ring is 2. The molecule has 0 aliphatic heterocycles. The van der Waals surface area contributed by atoms with Crippen molar-refractivity contribution < 1.29 is 36.2 Å². The van der Waals surface area contributed by atoms with Crippen LogP contribution in [0, 0.1) is 11.6 Å². The van der Waals surface area contributed by atoms with Crippen LogP contribution in [0.25, 0.3) is 22.6 Å². The largest absolute Gasteiger partial charge is 0.465 e. The van der Waals surface area contributed by atoms with Crippen LogP contribution in [0.2, 0.25) is 0 Å². The summed E-state index contributed by atoms with van der Waals surface area (Å²) < 4.78 is 60.9. The minimum atomic E-state index is -4.67. The van der Waals surface area contributed by atoms with Crippen LogP contribution in [-0.2, 0) is 16.9 Å². The summed E-state index contributed by atoms with van der Waals surface area (Å²) in [6.07, 6.45) is -0.384. The highest BCUT2D eigenvalue weighted by atomic mass is 32.3. The van der Waals surface area contributed by atoms with E-state index < -0.39 is 28.1 Å². The van der Waals surface area contributed by atoms with Gasteiger partial charge in [0.2, 0.25) is 0 Å². The molecule has 4 rings (SSSR count). The Bertz CT molecular complexity index is 1500. The Balaban J connectivity index is 0.000000623. The topological polar surface area (TPSA) is 232 Å². The van der Waals surface area contributed by atoms with Gasteiger partial charge in [0.15, 0.2) is 23.1 Å². The third kappa shape index (κ3) is 6.31. The molecular formula is C18H16F2N8O6S. The van der Waals surface area contributed by atoms with Crippen molar-refractivity contribution in [1.29, 1.82) is 0 Å². The van der Waals surface area contributed by atoms with E-state index in [1.807, 2.05) is 5.32 Å². The predicted octanol–water partition coefficient (Wildman–Crippen LogP) is 1.82. The monoisotopic (exact) mass is 510 g/mol. The maximum absolute atomic E-state index is 14.1. The number of rotatable bonds is 4. The molecule has 17 heteroatoms. The summed E-state index contributed by atoms with van der Waals surface area (Å²) in [4.78, 5) is 23.0. The number of pyridine rings is 1. The molecule has 35 heavy (non-hydrogen) atoms. The third-order valence-electron chi connectivity index (χ3n) is 4.24. The van der Waals surface area contributed by atoms with Crippen molar-refractivity contribution in [3.05, 3.63) is 53.7 Å². The molecule has 0 radical (unpaired) electrons. The Morgan fingerprint density at radius 3 is 2.29 bits per heavy atom. The summed E-state index contributed by atoms with van der Waals surface area (Å²) in [6.45, 7) is 0.0193. The summed E-state index contributed by atoms with van der Waals surface area (Å²) in [5, 5.41) is 15.5. The maximum Gasteiger partial charge on any atom is 0.409 e. The molecule has 0 saturated heterocycles. The minimum absolute atomic E-state index is 0.0193. The van der Waals surface area contributed by atoms with E-state index in [9.17, 15) is 13.6 Å². The Hall–Kier alpha value is -4.48. The van der Waals surface area contributed by atoms with Gasteiger partial charge < -0.3 is 16.6 Å². The number of aromatic nitrogens is 5. The molecule has 1 amide bonds. The van der Waals surface area contributed by atoms with Gasteiger partial charge in [0, 0.05) is 5.56 Å². The second-order valence-corrected chi connectivity index (χ2v) is 7.59. The highest BCUT2D eigenvalue weighted by Gasteiger charge is 2.20. The number of nitrogens with one attached hydrogen (secondary N) is 1. The molecule has 0 bridgehead atoms. The molecule has 3 aromatic heterocycles. The van der Waals surface area contributed by atoms with Crippen molar-refractivity contribution in [3.63, 3.8) is 0 Å². The predicted molar refractivity (Wildman–Crippen MR) is 119 cm³/mol. The number of amides is 1. The highest BCUT2D eigenvalue weighted by Crippen LogP contribution is 2.30. The summed E-state index contributed by atoms with van der Waals surface area (Å²) >= 11 is 0. The number of halogens is 2. The molecule has 184 valence electrons. The Morgan fingerprint density at radius 2 is 1.71 bits per heavy atom. The molecule has 0 aliphatic carbocycles. The summed E-state index contributed by atoms with van der Waals surface area (Å²) in [5.41, 5.74) is 12.1. The van der Waals surface area contributed by atoms with Gasteiger partial charge in [-0.05, 0) is 12.1 Å². The van der Waals surface area contributed by atoms with E-state index in [1.54, 1.807) is 18.2 Å². The van der Waals surface area contributed by atoms with Gasteiger partial charge in [-0.3, -0.25) is 14.4 Å². The Morgan fingerprint density at radius 1 is 1.11 bits per heavy atom. The van der Waals surface area contributed by atoms with Crippen molar-refractivity contribution in [2.24, 2.45) is 0 Å². The first kappa shape index (κ1) is 25.1. The van der Waals surface area contributed by atoms with Gasteiger partial charge in [-0.2, -0.15) is 13.5 Å². The number of nitrogens with zero attached hydrogens (tertiary/aromatic N) is 5. The van der Waals surface area contributed by atoms with Crippen LogP contribution in [-0.4, -0.2) is 53.5 Å². The SMILES string of the molecule is Nc1nc(-c2nn(Cc3ccccc3F)c3ncc(F)cc23)nc(N)c1NC(=O)O.O=S(=O)(O)O. The van der Waals surface area contributed by atoms with Crippen molar-refractivity contribution in [2.45, 2.75) is 6.54 Å². The van der Waals surface area contributed by atoms with Crippen molar-refractivity contribution in [1.82, 2.24) is 24.7 Å². The normalized spacial score (nSPS) is 11.1. The third-order valence-corrected chi connectivity index (χ3v) is 4.24. The molecule has 4 aromatic rings. The molecule has 8 N–H and O–H groups in total. The first-order valence-corrected chi connectivity index (χ1v) is 10.6. The Labute approximate surface area is 194 Å². The maximum atomic E-state index is 14.1. The minimum Gasteiger partial charge on any atom is -0.465 e. The zero-order chi connectivity index (χ0) is 25.9. The number of anilines is 3. The summed E-state index contributed by atoms with van der Waals surface area (Å²) in [6, 6.07) is 7.32. The number of carbonyl (C=O) groups is 1. The number of carboxylic acid groups (broad SMARTS) is 1. The van der Waals surface area contributed by atoms with Crippen LogP contribution in [0.1, 0.15) is 5.56 Å². The molecule has 1 aromatic carbocycles. The molecule has 0 aliphatic rings. The molecule has 0 fully saturated rings. The van der Waals surface area contributed by atoms with Crippen LogP contribution in [0.4, 0.5) is 30.9 Å². The van der Waals surface area contributed by atoms with Crippen LogP contribution in [0.3, 0.4) is 0 Å². The van der Waals surface area contributed by atoms with Crippen molar-refractivity contribution in [2.75, 3.05) is 16.8 Å². The fraction of sp³-hybridized carbons (Fsp3) is 0.0556. The van der Waals surface area contributed by atoms with E-state index in [0.717, 1.165) is 6.20 Å². The summed E-state index contributed by atoms with van der Waals surface area (Å²) in [5.74, 6) is -1.59. The van der Waals surface area contributed by atoms with Gasteiger partial charge in [-0.15, -0.1) is 0 Å². The number of fused-ring (bicyclic) bond motifs is 1. The average molecular weight is 510 g/mol. The molecule has 0 unspecified atom stereocenters. The zero-order valence-corrected chi connectivity index (χ0v) is 18.1. The lowest BCUT2D eigenvalue weighted by Gasteiger charge is -2.08. The van der Waals surface area contributed by atoms with Crippen LogP contribution < -0.4 is 16.8 Å². The van der Waals surface area contributed by atoms with Crippen LogP contribution in [0.15, 0.2) is 36.5 Å². The van der Waals surface area contributed by atoms with E-state index in [-0.39, 0.29) is 46.4 Å². The molecule has 0 atom stereocenters. The lowest BCUT2D eigenvalue weighted by atomic mass is 10.2. The molecule has 14 nitrogen and oxygen atoms in total. The number of benzene rings is 1. The molecule has 0 saturated carbocycles. The Kier molecular flexibility index (Phi) is 7.04. The smallest absolute Gasteiger partial charge is 0.409 e. The van der Waals surface area contributed by atoms with Crippen LogP contribution in [0.5, 0.6) is 0 Å². The zero-order valence-electron chi connectivity index (χ0n) is 17.3. The van der Waals surface area contributed by atoms with Crippen molar-refractivity contribution >= 4 is 44.8 Å². The van der Waals surface area contributed by atoms with Gasteiger partial charge >= 0.3 is 16.5 Å². The molecular weight excluding hydrogens is 494 g/mol. The van der Waals surface area contributed by atoms with Crippen molar-refractivity contribution in [3.8, 4) is 11.5 Å². The second kappa shape index (κ2) is 9.79.